The third-order valence-corrected chi connectivity index (χ3v) is 3.53. The molecule has 1 aliphatic rings. The molecule has 0 saturated carbocycles. The van der Waals surface area contributed by atoms with Crippen molar-refractivity contribution in [1.82, 2.24) is 9.88 Å². The molecule has 0 aliphatic carbocycles. The summed E-state index contributed by atoms with van der Waals surface area (Å²) in [5, 5.41) is 0. The van der Waals surface area contributed by atoms with Crippen molar-refractivity contribution in [2.75, 3.05) is 20.1 Å². The van der Waals surface area contributed by atoms with Gasteiger partial charge >= 0.3 is 0 Å². The van der Waals surface area contributed by atoms with E-state index in [1.54, 1.807) is 0 Å². The normalized spacial score (nSPS) is 18.4. The van der Waals surface area contributed by atoms with Gasteiger partial charge in [0.1, 0.15) is 6.26 Å². The Balaban J connectivity index is 1.64. The zero-order chi connectivity index (χ0) is 12.1. The number of likely N-dealkylation sites (tertiary alicyclic amines) is 1. The maximum absolute atomic E-state index is 11.6. The fourth-order valence-corrected chi connectivity index (χ4v) is 2.37. The standard InChI is InChI=1S/C13H20N2O2/c1-15-8-5-11(6-9-15)3-2-4-12(16)13-14-7-10-17-13/h7,10-11H,2-6,8-9H2,1H3. The minimum Gasteiger partial charge on any atom is -0.442 e. The molecule has 4 nitrogen and oxygen atoms in total. The Kier molecular flexibility index (Phi) is 4.31. The summed E-state index contributed by atoms with van der Waals surface area (Å²) in [4.78, 5) is 17.9. The molecule has 94 valence electrons. The van der Waals surface area contributed by atoms with Crippen molar-refractivity contribution < 1.29 is 9.21 Å². The van der Waals surface area contributed by atoms with Crippen LogP contribution in [0.5, 0.6) is 0 Å². The Morgan fingerprint density at radius 1 is 1.53 bits per heavy atom. The van der Waals surface area contributed by atoms with Gasteiger partial charge in [-0.25, -0.2) is 4.98 Å². The first-order valence-corrected chi connectivity index (χ1v) is 6.37. The minimum atomic E-state index is 0.0305. The molecular weight excluding hydrogens is 216 g/mol. The summed E-state index contributed by atoms with van der Waals surface area (Å²) in [6.45, 7) is 2.39. The Hall–Kier alpha value is -1.16. The maximum Gasteiger partial charge on any atom is 0.263 e. The summed E-state index contributed by atoms with van der Waals surface area (Å²) in [7, 11) is 2.17. The van der Waals surface area contributed by atoms with E-state index in [1.807, 2.05) is 0 Å². The van der Waals surface area contributed by atoms with Crippen LogP contribution in [0.1, 0.15) is 42.8 Å². The van der Waals surface area contributed by atoms with Crippen LogP contribution in [-0.4, -0.2) is 35.8 Å². The molecule has 1 aromatic heterocycles. The number of oxazole rings is 1. The zero-order valence-corrected chi connectivity index (χ0v) is 10.4. The van der Waals surface area contributed by atoms with E-state index in [9.17, 15) is 4.79 Å². The highest BCUT2D eigenvalue weighted by Crippen LogP contribution is 2.22. The van der Waals surface area contributed by atoms with Gasteiger partial charge in [0, 0.05) is 6.42 Å². The van der Waals surface area contributed by atoms with Crippen molar-refractivity contribution >= 4 is 5.78 Å². The second-order valence-electron chi connectivity index (χ2n) is 4.90. The molecule has 4 heteroatoms. The van der Waals surface area contributed by atoms with Gasteiger partial charge in [-0.1, -0.05) is 0 Å². The lowest BCUT2D eigenvalue weighted by atomic mass is 9.91. The summed E-state index contributed by atoms with van der Waals surface area (Å²) in [5.74, 6) is 1.08. The summed E-state index contributed by atoms with van der Waals surface area (Å²) < 4.78 is 4.98. The van der Waals surface area contributed by atoms with Crippen LogP contribution < -0.4 is 0 Å². The third kappa shape index (κ3) is 3.66. The van der Waals surface area contributed by atoms with Crippen molar-refractivity contribution in [2.24, 2.45) is 5.92 Å². The lowest BCUT2D eigenvalue weighted by molar-refractivity contribution is 0.0941. The first kappa shape index (κ1) is 12.3. The SMILES string of the molecule is CN1CCC(CCCC(=O)c2ncco2)CC1. The topological polar surface area (TPSA) is 46.3 Å². The molecule has 0 bridgehead atoms. The molecule has 1 saturated heterocycles. The van der Waals surface area contributed by atoms with Crippen LogP contribution >= 0.6 is 0 Å². The van der Waals surface area contributed by atoms with Gasteiger partial charge in [-0.15, -0.1) is 0 Å². The molecule has 17 heavy (non-hydrogen) atoms. The molecule has 0 N–H and O–H groups in total. The van der Waals surface area contributed by atoms with Gasteiger partial charge in [-0.05, 0) is 51.7 Å². The number of carbonyl (C=O) groups is 1. The van der Waals surface area contributed by atoms with E-state index >= 15 is 0 Å². The third-order valence-electron chi connectivity index (χ3n) is 3.53. The highest BCUT2D eigenvalue weighted by Gasteiger charge is 2.17. The average Bonchev–Trinajstić information content (AvgIpc) is 2.85. The van der Waals surface area contributed by atoms with Crippen LogP contribution in [0.3, 0.4) is 0 Å². The summed E-state index contributed by atoms with van der Waals surface area (Å²) in [6.07, 6.45) is 8.17. The van der Waals surface area contributed by atoms with Crippen molar-refractivity contribution in [2.45, 2.75) is 32.1 Å². The average molecular weight is 236 g/mol. The van der Waals surface area contributed by atoms with E-state index in [4.69, 9.17) is 4.42 Å². The molecule has 0 amide bonds. The zero-order valence-electron chi connectivity index (χ0n) is 10.4. The van der Waals surface area contributed by atoms with Gasteiger partial charge in [0.15, 0.2) is 0 Å². The minimum absolute atomic E-state index is 0.0305. The maximum atomic E-state index is 11.6. The smallest absolute Gasteiger partial charge is 0.263 e. The Morgan fingerprint density at radius 2 is 2.29 bits per heavy atom. The van der Waals surface area contributed by atoms with Gasteiger partial charge in [0.25, 0.3) is 5.89 Å². The molecule has 0 unspecified atom stereocenters. The first-order chi connectivity index (χ1) is 8.25. The molecule has 2 rings (SSSR count). The van der Waals surface area contributed by atoms with E-state index in [0.717, 1.165) is 18.8 Å². The van der Waals surface area contributed by atoms with E-state index in [2.05, 4.69) is 16.9 Å². The molecule has 2 heterocycles. The van der Waals surface area contributed by atoms with Crippen LogP contribution in [0.15, 0.2) is 16.9 Å². The van der Waals surface area contributed by atoms with Gasteiger partial charge in [-0.3, -0.25) is 4.79 Å². The Morgan fingerprint density at radius 3 is 2.94 bits per heavy atom. The fourth-order valence-electron chi connectivity index (χ4n) is 2.37. The Labute approximate surface area is 102 Å². The number of aromatic nitrogens is 1. The predicted octanol–water partition coefficient (Wildman–Crippen LogP) is 2.37. The number of Topliss-reactive ketones (excluding diaryl/α,β-unsaturated/α-hetero) is 1. The van der Waals surface area contributed by atoms with Crippen molar-refractivity contribution in [1.29, 1.82) is 0 Å². The number of hydrogen-bond acceptors (Lipinski definition) is 4. The Bertz CT molecular complexity index is 340. The van der Waals surface area contributed by atoms with Crippen LogP contribution in [-0.2, 0) is 0 Å². The molecule has 0 aromatic carbocycles. The van der Waals surface area contributed by atoms with E-state index in [0.29, 0.717) is 6.42 Å². The highest BCUT2D eigenvalue weighted by molar-refractivity contribution is 5.91. The summed E-state index contributed by atoms with van der Waals surface area (Å²) >= 11 is 0. The second kappa shape index (κ2) is 5.96. The molecular formula is C13H20N2O2. The molecule has 0 radical (unpaired) electrons. The number of nitrogens with zero attached hydrogens (tertiary/aromatic N) is 2. The lowest BCUT2D eigenvalue weighted by Gasteiger charge is -2.28. The molecule has 1 aliphatic heterocycles. The number of carbonyl (C=O) groups excluding carboxylic acids is 1. The van der Waals surface area contributed by atoms with E-state index < -0.39 is 0 Å². The second-order valence-corrected chi connectivity index (χ2v) is 4.90. The number of hydrogen-bond donors (Lipinski definition) is 0. The van der Waals surface area contributed by atoms with Crippen molar-refractivity contribution in [3.8, 4) is 0 Å². The predicted molar refractivity (Wildman–Crippen MR) is 64.9 cm³/mol. The van der Waals surface area contributed by atoms with E-state index in [-0.39, 0.29) is 11.7 Å². The monoisotopic (exact) mass is 236 g/mol. The largest absolute Gasteiger partial charge is 0.442 e. The molecule has 1 fully saturated rings. The number of rotatable bonds is 5. The van der Waals surface area contributed by atoms with Crippen molar-refractivity contribution in [3.05, 3.63) is 18.4 Å². The van der Waals surface area contributed by atoms with Gasteiger partial charge in [0.05, 0.1) is 6.20 Å². The molecule has 1 aromatic rings. The van der Waals surface area contributed by atoms with Crippen LogP contribution in [0, 0.1) is 5.92 Å². The van der Waals surface area contributed by atoms with E-state index in [1.165, 1.54) is 38.4 Å². The van der Waals surface area contributed by atoms with Gasteiger partial charge < -0.3 is 9.32 Å². The quantitative estimate of drug-likeness (QED) is 0.736. The number of ketones is 1. The first-order valence-electron chi connectivity index (χ1n) is 6.37. The summed E-state index contributed by atoms with van der Waals surface area (Å²) in [6, 6.07) is 0. The van der Waals surface area contributed by atoms with Crippen molar-refractivity contribution in [3.63, 3.8) is 0 Å². The van der Waals surface area contributed by atoms with Crippen LogP contribution in [0.2, 0.25) is 0 Å². The van der Waals surface area contributed by atoms with Crippen LogP contribution in [0.4, 0.5) is 0 Å². The molecule has 0 spiro atoms. The molecule has 0 atom stereocenters. The number of piperidine rings is 1. The highest BCUT2D eigenvalue weighted by atomic mass is 16.3. The van der Waals surface area contributed by atoms with Gasteiger partial charge in [0.2, 0.25) is 5.78 Å². The summed E-state index contributed by atoms with van der Waals surface area (Å²) in [5.41, 5.74) is 0. The van der Waals surface area contributed by atoms with Crippen LogP contribution in [0.25, 0.3) is 0 Å². The fraction of sp³-hybridized carbons (Fsp3) is 0.692. The van der Waals surface area contributed by atoms with Gasteiger partial charge in [-0.2, -0.15) is 0 Å². The lowest BCUT2D eigenvalue weighted by Crippen LogP contribution is -2.30.